The van der Waals surface area contributed by atoms with Crippen LogP contribution >= 0.6 is 11.5 Å². The molecule has 0 radical (unpaired) electrons. The Hall–Kier alpha value is -3.02. The van der Waals surface area contributed by atoms with E-state index in [0.29, 0.717) is 34.9 Å². The van der Waals surface area contributed by atoms with Gasteiger partial charge in [-0.1, -0.05) is 18.9 Å². The Kier molecular flexibility index (Phi) is 6.71. The van der Waals surface area contributed by atoms with Crippen LogP contribution in [-0.2, 0) is 16.2 Å². The second kappa shape index (κ2) is 9.79. The summed E-state index contributed by atoms with van der Waals surface area (Å²) in [6, 6.07) is 13.8. The minimum Gasteiger partial charge on any atom is -0.339 e. The first-order valence-corrected chi connectivity index (χ1v) is 13.7. The predicted molar refractivity (Wildman–Crippen MR) is 135 cm³/mol. The quantitative estimate of drug-likeness (QED) is 0.310. The van der Waals surface area contributed by atoms with Crippen molar-refractivity contribution in [2.75, 3.05) is 18.4 Å². The van der Waals surface area contributed by atoms with Crippen LogP contribution in [0.2, 0.25) is 0 Å². The van der Waals surface area contributed by atoms with Crippen molar-refractivity contribution >= 4 is 43.1 Å². The van der Waals surface area contributed by atoms with Gasteiger partial charge in [-0.05, 0) is 72.9 Å². The van der Waals surface area contributed by atoms with E-state index in [1.807, 2.05) is 0 Å². The average Bonchev–Trinajstić information content (AvgIpc) is 3.06. The number of benzene rings is 2. The lowest BCUT2D eigenvalue weighted by molar-refractivity contribution is -0.137. The standard InChI is InChI=1S/C25H23F3N4O2S2/c26-25(27,28)21-6-5-13-29-23(21)17-7-12-20-22(16-17)35-31-24(20)30-18-8-10-19(11-9-18)36(33,34)32-14-3-1-2-4-15-32/h5-13,16H,1-4,14-15H2,(H,30,31). The van der Waals surface area contributed by atoms with Crippen LogP contribution < -0.4 is 5.32 Å². The number of hydrogen-bond acceptors (Lipinski definition) is 6. The molecule has 2 aromatic heterocycles. The van der Waals surface area contributed by atoms with Gasteiger partial charge in [0.25, 0.3) is 0 Å². The topological polar surface area (TPSA) is 75.2 Å². The van der Waals surface area contributed by atoms with Gasteiger partial charge in [0.1, 0.15) is 0 Å². The predicted octanol–water partition coefficient (Wildman–Crippen LogP) is 6.69. The van der Waals surface area contributed by atoms with Crippen molar-refractivity contribution in [2.45, 2.75) is 36.8 Å². The summed E-state index contributed by atoms with van der Waals surface area (Å²) in [7, 11) is -3.54. The summed E-state index contributed by atoms with van der Waals surface area (Å²) < 4.78 is 72.9. The van der Waals surface area contributed by atoms with E-state index >= 15 is 0 Å². The Morgan fingerprint density at radius 1 is 0.944 bits per heavy atom. The number of fused-ring (bicyclic) bond motifs is 1. The lowest BCUT2D eigenvalue weighted by atomic mass is 10.0. The van der Waals surface area contributed by atoms with Gasteiger partial charge in [0, 0.05) is 35.9 Å². The van der Waals surface area contributed by atoms with E-state index in [1.54, 1.807) is 46.8 Å². The van der Waals surface area contributed by atoms with Crippen molar-refractivity contribution in [2.24, 2.45) is 0 Å². The van der Waals surface area contributed by atoms with Gasteiger partial charge in [0.2, 0.25) is 10.0 Å². The van der Waals surface area contributed by atoms with Gasteiger partial charge in [-0.3, -0.25) is 4.98 Å². The minimum atomic E-state index is -4.51. The van der Waals surface area contributed by atoms with Crippen molar-refractivity contribution in [3.05, 3.63) is 66.4 Å². The highest BCUT2D eigenvalue weighted by Gasteiger charge is 2.34. The molecule has 0 unspecified atom stereocenters. The van der Waals surface area contributed by atoms with Gasteiger partial charge in [-0.15, -0.1) is 0 Å². The van der Waals surface area contributed by atoms with Crippen molar-refractivity contribution < 1.29 is 21.6 Å². The summed E-state index contributed by atoms with van der Waals surface area (Å²) in [5, 5.41) is 3.93. The Bertz CT molecular complexity index is 1480. The summed E-state index contributed by atoms with van der Waals surface area (Å²) in [4.78, 5) is 4.21. The normalized spacial score (nSPS) is 15.6. The SMILES string of the molecule is O=S(=O)(c1ccc(Nc2nsc3cc(-c4ncccc4C(F)(F)F)ccc23)cc1)N1CCCCCC1. The fourth-order valence-electron chi connectivity index (χ4n) is 4.32. The number of anilines is 2. The number of hydrogen-bond donors (Lipinski definition) is 1. The highest BCUT2D eigenvalue weighted by molar-refractivity contribution is 7.89. The molecule has 0 aliphatic carbocycles. The van der Waals surface area contributed by atoms with Crippen LogP contribution in [0.1, 0.15) is 31.2 Å². The summed E-state index contributed by atoms with van der Waals surface area (Å²) in [6.07, 6.45) is 0.661. The fourth-order valence-corrected chi connectivity index (χ4v) is 6.61. The molecular formula is C25H23F3N4O2S2. The van der Waals surface area contributed by atoms with Crippen molar-refractivity contribution in [1.29, 1.82) is 0 Å². The van der Waals surface area contributed by atoms with Crippen molar-refractivity contribution in [3.63, 3.8) is 0 Å². The van der Waals surface area contributed by atoms with Gasteiger partial charge >= 0.3 is 6.18 Å². The van der Waals surface area contributed by atoms with Crippen LogP contribution in [0.15, 0.2) is 65.7 Å². The Morgan fingerprint density at radius 3 is 2.36 bits per heavy atom. The first-order chi connectivity index (χ1) is 17.2. The third kappa shape index (κ3) is 4.95. The molecule has 188 valence electrons. The molecule has 1 N–H and O–H groups in total. The summed E-state index contributed by atoms with van der Waals surface area (Å²) in [6.45, 7) is 1.08. The number of rotatable bonds is 5. The van der Waals surface area contributed by atoms with E-state index < -0.39 is 21.8 Å². The van der Waals surface area contributed by atoms with E-state index in [2.05, 4.69) is 14.7 Å². The molecule has 36 heavy (non-hydrogen) atoms. The molecule has 3 heterocycles. The number of nitrogens with one attached hydrogen (secondary N) is 1. The van der Waals surface area contributed by atoms with E-state index in [0.717, 1.165) is 48.7 Å². The molecule has 1 fully saturated rings. The lowest BCUT2D eigenvalue weighted by Gasteiger charge is -2.20. The van der Waals surface area contributed by atoms with Crippen LogP contribution in [0.3, 0.4) is 0 Å². The smallest absolute Gasteiger partial charge is 0.339 e. The number of alkyl halides is 3. The maximum Gasteiger partial charge on any atom is 0.418 e. The number of pyridine rings is 1. The molecular weight excluding hydrogens is 509 g/mol. The first-order valence-electron chi connectivity index (χ1n) is 11.5. The van der Waals surface area contributed by atoms with E-state index in [4.69, 9.17) is 0 Å². The molecule has 0 saturated carbocycles. The molecule has 2 aromatic carbocycles. The molecule has 6 nitrogen and oxygen atoms in total. The summed E-state index contributed by atoms with van der Waals surface area (Å²) >= 11 is 1.16. The molecule has 0 bridgehead atoms. The van der Waals surface area contributed by atoms with Gasteiger partial charge in [-0.25, -0.2) is 8.42 Å². The molecule has 0 atom stereocenters. The molecule has 5 rings (SSSR count). The largest absolute Gasteiger partial charge is 0.418 e. The van der Waals surface area contributed by atoms with Crippen LogP contribution in [0.4, 0.5) is 24.7 Å². The highest BCUT2D eigenvalue weighted by atomic mass is 32.2. The fraction of sp³-hybridized carbons (Fsp3) is 0.280. The zero-order valence-electron chi connectivity index (χ0n) is 19.1. The number of halogens is 3. The van der Waals surface area contributed by atoms with Gasteiger partial charge < -0.3 is 5.32 Å². The van der Waals surface area contributed by atoms with E-state index in [-0.39, 0.29) is 10.6 Å². The van der Waals surface area contributed by atoms with Gasteiger partial charge in [0.15, 0.2) is 5.82 Å². The second-order valence-corrected chi connectivity index (χ2v) is 11.4. The zero-order chi connectivity index (χ0) is 25.3. The first kappa shape index (κ1) is 24.7. The summed E-state index contributed by atoms with van der Waals surface area (Å²) in [5.41, 5.74) is 0.0947. The maximum absolute atomic E-state index is 13.4. The number of sulfonamides is 1. The van der Waals surface area contributed by atoms with Crippen molar-refractivity contribution in [1.82, 2.24) is 13.7 Å². The van der Waals surface area contributed by atoms with Crippen molar-refractivity contribution in [3.8, 4) is 11.3 Å². The Morgan fingerprint density at radius 2 is 1.67 bits per heavy atom. The minimum absolute atomic E-state index is 0.129. The third-order valence-electron chi connectivity index (χ3n) is 6.18. The molecule has 4 aromatic rings. The third-order valence-corrected chi connectivity index (χ3v) is 8.90. The molecule has 0 amide bonds. The van der Waals surface area contributed by atoms with Crippen LogP contribution in [0, 0.1) is 0 Å². The Labute approximate surface area is 211 Å². The zero-order valence-corrected chi connectivity index (χ0v) is 20.8. The number of nitrogens with zero attached hydrogens (tertiary/aromatic N) is 3. The van der Waals surface area contributed by atoms with E-state index in [9.17, 15) is 21.6 Å². The highest BCUT2D eigenvalue weighted by Crippen LogP contribution is 2.38. The van der Waals surface area contributed by atoms with E-state index in [1.165, 1.54) is 12.3 Å². The molecule has 1 aliphatic rings. The average molecular weight is 533 g/mol. The monoisotopic (exact) mass is 532 g/mol. The maximum atomic E-state index is 13.4. The van der Waals surface area contributed by atoms with Crippen LogP contribution in [0.25, 0.3) is 21.3 Å². The molecule has 1 saturated heterocycles. The summed E-state index contributed by atoms with van der Waals surface area (Å²) in [5.74, 6) is 0.543. The van der Waals surface area contributed by atoms with Gasteiger partial charge in [-0.2, -0.15) is 21.9 Å². The lowest BCUT2D eigenvalue weighted by Crippen LogP contribution is -2.31. The molecule has 11 heteroatoms. The molecule has 1 aliphatic heterocycles. The molecule has 0 spiro atoms. The Balaban J connectivity index is 1.37. The second-order valence-electron chi connectivity index (χ2n) is 8.61. The van der Waals surface area contributed by atoms with Crippen LogP contribution in [0.5, 0.6) is 0 Å². The number of aromatic nitrogens is 2. The van der Waals surface area contributed by atoms with Gasteiger partial charge in [0.05, 0.1) is 20.9 Å². The van der Waals surface area contributed by atoms with Crippen LogP contribution in [-0.4, -0.2) is 35.2 Å².